The number of aryl methyl sites for hydroxylation is 1. The minimum Gasteiger partial charge on any atom is -0.366 e. The lowest BCUT2D eigenvalue weighted by atomic mass is 10.0. The van der Waals surface area contributed by atoms with Crippen molar-refractivity contribution in [2.75, 3.05) is 17.7 Å². The lowest BCUT2D eigenvalue weighted by Crippen LogP contribution is -2.33. The molecule has 0 bridgehead atoms. The average Bonchev–Trinajstić information content (AvgIpc) is 3.41. The number of anilines is 2. The number of fused-ring (bicyclic) bond motifs is 1. The van der Waals surface area contributed by atoms with E-state index in [2.05, 4.69) is 15.4 Å². The van der Waals surface area contributed by atoms with Crippen molar-refractivity contribution >= 4 is 23.3 Å². The van der Waals surface area contributed by atoms with Crippen LogP contribution in [0.3, 0.4) is 0 Å². The lowest BCUT2D eigenvalue weighted by molar-refractivity contribution is -0.0830. The van der Waals surface area contributed by atoms with Crippen LogP contribution in [0.15, 0.2) is 60.8 Å². The first-order chi connectivity index (χ1) is 15.5. The van der Waals surface area contributed by atoms with E-state index in [1.807, 2.05) is 37.3 Å². The maximum absolute atomic E-state index is 13.3. The number of pyridine rings is 1. The third-order valence-electron chi connectivity index (χ3n) is 5.53. The number of carbonyl (C=O) groups is 1. The Hall–Kier alpha value is -3.98. The van der Waals surface area contributed by atoms with Crippen molar-refractivity contribution in [1.82, 2.24) is 19.7 Å². The molecule has 1 fully saturated rings. The molecule has 9 heteroatoms. The zero-order valence-corrected chi connectivity index (χ0v) is 17.3. The van der Waals surface area contributed by atoms with E-state index in [4.69, 9.17) is 10.6 Å². The first kappa shape index (κ1) is 20.0. The van der Waals surface area contributed by atoms with Gasteiger partial charge in [0.15, 0.2) is 5.65 Å². The van der Waals surface area contributed by atoms with Gasteiger partial charge in [-0.15, -0.1) is 5.10 Å². The molecule has 1 aliphatic heterocycles. The van der Waals surface area contributed by atoms with Crippen LogP contribution in [0.1, 0.15) is 23.6 Å². The molecule has 1 unspecified atom stereocenters. The Morgan fingerprint density at radius 1 is 1.16 bits per heavy atom. The van der Waals surface area contributed by atoms with E-state index in [0.29, 0.717) is 24.4 Å². The third-order valence-corrected chi connectivity index (χ3v) is 5.53. The van der Waals surface area contributed by atoms with E-state index in [-0.39, 0.29) is 23.8 Å². The Balaban J connectivity index is 1.39. The highest BCUT2D eigenvalue weighted by atomic mass is 19.1. The van der Waals surface area contributed by atoms with Gasteiger partial charge in [0, 0.05) is 18.3 Å². The number of aromatic nitrogens is 3. The Bertz CT molecular complexity index is 1300. The van der Waals surface area contributed by atoms with E-state index in [1.165, 1.54) is 17.2 Å². The Morgan fingerprint density at radius 3 is 2.75 bits per heavy atom. The molecule has 32 heavy (non-hydrogen) atoms. The minimum absolute atomic E-state index is 0.209. The van der Waals surface area contributed by atoms with Crippen LogP contribution < -0.4 is 11.1 Å². The van der Waals surface area contributed by atoms with E-state index < -0.39 is 0 Å². The summed E-state index contributed by atoms with van der Waals surface area (Å²) in [5.41, 5.74) is 10.5. The predicted octanol–water partition coefficient (Wildman–Crippen LogP) is 4.34. The molecule has 0 aliphatic carbocycles. The zero-order valence-electron chi connectivity index (χ0n) is 17.3. The Kier molecular flexibility index (Phi) is 4.95. The molecule has 2 aromatic heterocycles. The van der Waals surface area contributed by atoms with Gasteiger partial charge in [-0.1, -0.05) is 24.3 Å². The molecule has 0 radical (unpaired) electrons. The van der Waals surface area contributed by atoms with Gasteiger partial charge in [-0.2, -0.15) is 10.0 Å². The first-order valence-electron chi connectivity index (χ1n) is 10.2. The number of carbonyl (C=O) groups excluding carboxylic acids is 1. The van der Waals surface area contributed by atoms with Crippen LogP contribution in [0.5, 0.6) is 0 Å². The summed E-state index contributed by atoms with van der Waals surface area (Å²) in [5.74, 6) is -0.108. The van der Waals surface area contributed by atoms with E-state index >= 15 is 0 Å². The van der Waals surface area contributed by atoms with Gasteiger partial charge in [-0.3, -0.25) is 4.84 Å². The number of hydroxylamine groups is 2. The normalized spacial score (nSPS) is 15.9. The molecule has 3 N–H and O–H groups in total. The fourth-order valence-corrected chi connectivity index (χ4v) is 3.84. The second-order valence-corrected chi connectivity index (χ2v) is 7.66. The van der Waals surface area contributed by atoms with Gasteiger partial charge in [0.05, 0.1) is 12.6 Å². The number of halogens is 1. The molecule has 4 aromatic rings. The van der Waals surface area contributed by atoms with E-state index in [0.717, 1.165) is 22.3 Å². The van der Waals surface area contributed by atoms with Crippen molar-refractivity contribution in [2.24, 2.45) is 0 Å². The van der Waals surface area contributed by atoms with Crippen LogP contribution in [0.4, 0.5) is 20.8 Å². The van der Waals surface area contributed by atoms with Crippen LogP contribution in [-0.4, -0.2) is 32.3 Å². The maximum Gasteiger partial charge on any atom is 0.346 e. The fourth-order valence-electron chi connectivity index (χ4n) is 3.84. The summed E-state index contributed by atoms with van der Waals surface area (Å²) in [5, 5.41) is 8.36. The number of nitrogen functional groups attached to an aromatic ring is 1. The SMILES string of the molecule is Cc1ccc(-c2ccn3nc(N)nc3c2)cc1NC(=O)N1OCCC1c1ccc(F)cc1. The largest absolute Gasteiger partial charge is 0.366 e. The number of benzene rings is 2. The Labute approximate surface area is 183 Å². The summed E-state index contributed by atoms with van der Waals surface area (Å²) in [6.07, 6.45) is 2.43. The highest BCUT2D eigenvalue weighted by Crippen LogP contribution is 2.32. The quantitative estimate of drug-likeness (QED) is 0.502. The van der Waals surface area contributed by atoms with Gasteiger partial charge in [-0.25, -0.2) is 13.7 Å². The van der Waals surface area contributed by atoms with Gasteiger partial charge in [0.25, 0.3) is 0 Å². The standard InChI is InChI=1S/C23H21FN6O2/c1-14-2-3-16(17-8-10-29-21(13-17)27-22(25)28-29)12-19(14)26-23(31)30-20(9-11-32-30)15-4-6-18(24)7-5-15/h2-8,10,12-13,20H,9,11H2,1H3,(H2,25,28)(H,26,31). The zero-order chi connectivity index (χ0) is 22.2. The van der Waals surface area contributed by atoms with Crippen molar-refractivity contribution < 1.29 is 14.0 Å². The number of hydrogen-bond acceptors (Lipinski definition) is 5. The maximum atomic E-state index is 13.3. The molecule has 0 spiro atoms. The highest BCUT2D eigenvalue weighted by molar-refractivity contribution is 5.91. The predicted molar refractivity (Wildman–Crippen MR) is 118 cm³/mol. The van der Waals surface area contributed by atoms with Crippen molar-refractivity contribution in [3.63, 3.8) is 0 Å². The van der Waals surface area contributed by atoms with E-state index in [9.17, 15) is 9.18 Å². The molecule has 2 amide bonds. The van der Waals surface area contributed by atoms with E-state index in [1.54, 1.807) is 22.8 Å². The number of hydrogen-bond donors (Lipinski definition) is 2. The molecule has 3 heterocycles. The topological polar surface area (TPSA) is 97.8 Å². The second-order valence-electron chi connectivity index (χ2n) is 7.66. The molecular formula is C23H21FN6O2. The summed E-state index contributed by atoms with van der Waals surface area (Å²) in [7, 11) is 0. The number of nitrogens with one attached hydrogen (secondary N) is 1. The molecule has 0 saturated carbocycles. The van der Waals surface area contributed by atoms with Crippen LogP contribution >= 0.6 is 0 Å². The van der Waals surface area contributed by atoms with Crippen molar-refractivity contribution in [3.05, 3.63) is 77.7 Å². The molecular weight excluding hydrogens is 411 g/mol. The van der Waals surface area contributed by atoms with Crippen molar-refractivity contribution in [1.29, 1.82) is 0 Å². The fraction of sp³-hybridized carbons (Fsp3) is 0.174. The molecule has 2 aromatic carbocycles. The number of urea groups is 1. The van der Waals surface area contributed by atoms with Gasteiger partial charge in [0.2, 0.25) is 5.95 Å². The van der Waals surface area contributed by atoms with Crippen LogP contribution in [0, 0.1) is 12.7 Å². The smallest absolute Gasteiger partial charge is 0.346 e. The minimum atomic E-state index is -0.377. The van der Waals surface area contributed by atoms with Crippen molar-refractivity contribution in [3.8, 4) is 11.1 Å². The summed E-state index contributed by atoms with van der Waals surface area (Å²) in [4.78, 5) is 22.8. The van der Waals surface area contributed by atoms with Gasteiger partial charge in [-0.05, 0) is 59.5 Å². The molecule has 1 atom stereocenters. The van der Waals surface area contributed by atoms with Crippen LogP contribution in [-0.2, 0) is 4.84 Å². The highest BCUT2D eigenvalue weighted by Gasteiger charge is 2.32. The summed E-state index contributed by atoms with van der Waals surface area (Å²) >= 11 is 0. The average molecular weight is 432 g/mol. The monoisotopic (exact) mass is 432 g/mol. The first-order valence-corrected chi connectivity index (χ1v) is 10.2. The number of nitrogens with two attached hydrogens (primary N) is 1. The molecule has 1 saturated heterocycles. The molecule has 162 valence electrons. The lowest BCUT2D eigenvalue weighted by Gasteiger charge is -2.23. The molecule has 1 aliphatic rings. The van der Waals surface area contributed by atoms with Gasteiger partial charge >= 0.3 is 6.03 Å². The number of amides is 2. The third kappa shape index (κ3) is 3.74. The summed E-state index contributed by atoms with van der Waals surface area (Å²) in [6, 6.07) is 15.1. The van der Waals surface area contributed by atoms with Gasteiger partial charge < -0.3 is 11.1 Å². The van der Waals surface area contributed by atoms with Crippen molar-refractivity contribution in [2.45, 2.75) is 19.4 Å². The number of rotatable bonds is 3. The van der Waals surface area contributed by atoms with Gasteiger partial charge in [0.1, 0.15) is 5.82 Å². The van der Waals surface area contributed by atoms with Crippen LogP contribution in [0.2, 0.25) is 0 Å². The molecule has 5 rings (SSSR count). The summed E-state index contributed by atoms with van der Waals surface area (Å²) < 4.78 is 14.9. The second kappa shape index (κ2) is 7.93. The summed E-state index contributed by atoms with van der Waals surface area (Å²) in [6.45, 7) is 2.33. The molecule has 8 nitrogen and oxygen atoms in total. The Morgan fingerprint density at radius 2 is 1.94 bits per heavy atom. The number of nitrogens with zero attached hydrogens (tertiary/aromatic N) is 4. The van der Waals surface area contributed by atoms with Crippen LogP contribution in [0.25, 0.3) is 16.8 Å².